The minimum atomic E-state index is -0.588. The van der Waals surface area contributed by atoms with Crippen LogP contribution >= 0.6 is 0 Å². The molecule has 0 bridgehead atoms. The van der Waals surface area contributed by atoms with E-state index in [9.17, 15) is 9.90 Å². The van der Waals surface area contributed by atoms with Gasteiger partial charge in [-0.3, -0.25) is 14.8 Å². The quantitative estimate of drug-likeness (QED) is 0.710. The molecular formula is C15H24N4O3. The summed E-state index contributed by atoms with van der Waals surface area (Å²) in [6.07, 6.45) is 1.60. The number of β-amino-alcohol motifs (C(OH)–C–C–N with tert-alkyl or cyclic N) is 2. The number of carbonyl (C=O) groups is 1. The van der Waals surface area contributed by atoms with Gasteiger partial charge in [-0.15, -0.1) is 0 Å². The number of hydrogen-bond donors (Lipinski definition) is 3. The van der Waals surface area contributed by atoms with Crippen LogP contribution in [0.5, 0.6) is 0 Å². The average molecular weight is 308 g/mol. The Labute approximate surface area is 129 Å². The van der Waals surface area contributed by atoms with E-state index in [1.54, 1.807) is 4.90 Å². The standard InChI is InChI=1S/C15H24N4O3/c1-10-13(14(17-16-10)11-2-3-11)15(22)19-5-4-18(6-7-20)8-12(21)9-19/h11-12,20-21H,2-9H2,1H3,(H,16,17). The average Bonchev–Trinajstić information content (AvgIpc) is 3.27. The van der Waals surface area contributed by atoms with E-state index in [2.05, 4.69) is 10.2 Å². The fourth-order valence-electron chi connectivity index (χ4n) is 3.11. The van der Waals surface area contributed by atoms with Gasteiger partial charge in [0.05, 0.1) is 24.0 Å². The molecule has 1 atom stereocenters. The second-order valence-electron chi connectivity index (χ2n) is 6.31. The number of rotatable bonds is 4. The summed E-state index contributed by atoms with van der Waals surface area (Å²) in [6.45, 7) is 4.51. The van der Waals surface area contributed by atoms with E-state index in [-0.39, 0.29) is 12.5 Å². The molecule has 1 amide bonds. The lowest BCUT2D eigenvalue weighted by Crippen LogP contribution is -2.38. The molecule has 1 unspecified atom stereocenters. The zero-order valence-corrected chi connectivity index (χ0v) is 13.0. The van der Waals surface area contributed by atoms with Crippen LogP contribution < -0.4 is 0 Å². The zero-order chi connectivity index (χ0) is 15.7. The fraction of sp³-hybridized carbons (Fsp3) is 0.733. The van der Waals surface area contributed by atoms with Gasteiger partial charge in [0, 0.05) is 44.3 Å². The Balaban J connectivity index is 1.75. The first-order valence-corrected chi connectivity index (χ1v) is 7.95. The number of carbonyl (C=O) groups excluding carboxylic acids is 1. The van der Waals surface area contributed by atoms with Gasteiger partial charge >= 0.3 is 0 Å². The molecule has 2 fully saturated rings. The van der Waals surface area contributed by atoms with Crippen molar-refractivity contribution in [1.29, 1.82) is 0 Å². The zero-order valence-electron chi connectivity index (χ0n) is 13.0. The van der Waals surface area contributed by atoms with Gasteiger partial charge in [-0.1, -0.05) is 0 Å². The summed E-state index contributed by atoms with van der Waals surface area (Å²) in [7, 11) is 0. The van der Waals surface area contributed by atoms with E-state index >= 15 is 0 Å². The topological polar surface area (TPSA) is 92.7 Å². The lowest BCUT2D eigenvalue weighted by molar-refractivity contribution is 0.0659. The number of aromatic amines is 1. The molecule has 1 aromatic rings. The van der Waals surface area contributed by atoms with Crippen molar-refractivity contribution in [1.82, 2.24) is 20.0 Å². The molecule has 2 aliphatic rings. The normalized spacial score (nSPS) is 23.6. The molecule has 2 heterocycles. The highest BCUT2D eigenvalue weighted by Gasteiger charge is 2.34. The van der Waals surface area contributed by atoms with Crippen LogP contribution in [0.2, 0.25) is 0 Å². The molecule has 0 aromatic carbocycles. The molecule has 122 valence electrons. The monoisotopic (exact) mass is 308 g/mol. The van der Waals surface area contributed by atoms with Crippen molar-refractivity contribution >= 4 is 5.91 Å². The van der Waals surface area contributed by atoms with Crippen molar-refractivity contribution in [3.8, 4) is 0 Å². The Bertz CT molecular complexity index is 541. The molecule has 1 aromatic heterocycles. The van der Waals surface area contributed by atoms with E-state index in [1.807, 2.05) is 11.8 Å². The van der Waals surface area contributed by atoms with Gasteiger partial charge in [-0.05, 0) is 19.8 Å². The van der Waals surface area contributed by atoms with Crippen LogP contribution in [-0.4, -0.2) is 81.6 Å². The predicted molar refractivity (Wildman–Crippen MR) is 80.7 cm³/mol. The molecule has 1 saturated heterocycles. The fourth-order valence-corrected chi connectivity index (χ4v) is 3.11. The second kappa shape index (κ2) is 6.36. The van der Waals surface area contributed by atoms with E-state index in [0.29, 0.717) is 44.2 Å². The van der Waals surface area contributed by atoms with Gasteiger partial charge in [0.25, 0.3) is 5.91 Å². The Morgan fingerprint density at radius 3 is 2.82 bits per heavy atom. The molecule has 1 aliphatic heterocycles. The molecule has 0 radical (unpaired) electrons. The van der Waals surface area contributed by atoms with E-state index < -0.39 is 6.10 Å². The summed E-state index contributed by atoms with van der Waals surface area (Å²) in [4.78, 5) is 16.6. The SMILES string of the molecule is Cc1[nH]nc(C2CC2)c1C(=O)N1CCN(CCO)CC(O)C1. The first-order chi connectivity index (χ1) is 10.6. The van der Waals surface area contributed by atoms with Crippen molar-refractivity contribution in [3.05, 3.63) is 17.0 Å². The van der Waals surface area contributed by atoms with Crippen LogP contribution in [0.4, 0.5) is 0 Å². The van der Waals surface area contributed by atoms with Gasteiger partial charge < -0.3 is 15.1 Å². The Hall–Kier alpha value is -1.44. The van der Waals surface area contributed by atoms with E-state index in [4.69, 9.17) is 5.11 Å². The van der Waals surface area contributed by atoms with Gasteiger partial charge in [0.1, 0.15) is 0 Å². The molecule has 3 N–H and O–H groups in total. The number of aliphatic hydroxyl groups is 2. The minimum Gasteiger partial charge on any atom is -0.395 e. The van der Waals surface area contributed by atoms with Crippen LogP contribution in [-0.2, 0) is 0 Å². The molecule has 22 heavy (non-hydrogen) atoms. The van der Waals surface area contributed by atoms with Crippen LogP contribution in [0.15, 0.2) is 0 Å². The Kier molecular flexibility index (Phi) is 4.46. The maximum absolute atomic E-state index is 12.9. The highest BCUT2D eigenvalue weighted by Crippen LogP contribution is 2.41. The summed E-state index contributed by atoms with van der Waals surface area (Å²) in [5.41, 5.74) is 2.37. The van der Waals surface area contributed by atoms with Crippen molar-refractivity contribution in [2.75, 3.05) is 39.3 Å². The molecule has 1 saturated carbocycles. The summed E-state index contributed by atoms with van der Waals surface area (Å²) >= 11 is 0. The maximum atomic E-state index is 12.9. The van der Waals surface area contributed by atoms with Gasteiger partial charge in [-0.2, -0.15) is 5.10 Å². The highest BCUT2D eigenvalue weighted by atomic mass is 16.3. The van der Waals surface area contributed by atoms with Crippen molar-refractivity contribution in [2.24, 2.45) is 0 Å². The third kappa shape index (κ3) is 3.16. The first-order valence-electron chi connectivity index (χ1n) is 7.95. The summed E-state index contributed by atoms with van der Waals surface area (Å²) < 4.78 is 0. The largest absolute Gasteiger partial charge is 0.395 e. The van der Waals surface area contributed by atoms with Gasteiger partial charge in [0.15, 0.2) is 0 Å². The lowest BCUT2D eigenvalue weighted by atomic mass is 10.1. The number of H-pyrrole nitrogens is 1. The lowest BCUT2D eigenvalue weighted by Gasteiger charge is -2.22. The van der Waals surface area contributed by atoms with Crippen molar-refractivity contribution in [2.45, 2.75) is 31.8 Å². The summed E-state index contributed by atoms with van der Waals surface area (Å²) in [5, 5.41) is 26.4. The summed E-state index contributed by atoms with van der Waals surface area (Å²) in [6, 6.07) is 0. The number of aromatic nitrogens is 2. The number of nitrogens with one attached hydrogen (secondary N) is 1. The first kappa shape index (κ1) is 15.5. The smallest absolute Gasteiger partial charge is 0.257 e. The number of hydrogen-bond acceptors (Lipinski definition) is 5. The highest BCUT2D eigenvalue weighted by molar-refractivity contribution is 5.96. The molecule has 7 nitrogen and oxygen atoms in total. The predicted octanol–water partition coefficient (Wildman–Crippen LogP) is -0.293. The minimum absolute atomic E-state index is 0.0435. The van der Waals surface area contributed by atoms with Crippen molar-refractivity contribution < 1.29 is 15.0 Å². The van der Waals surface area contributed by atoms with Crippen LogP contribution in [0.1, 0.15) is 40.5 Å². The molecule has 7 heteroatoms. The van der Waals surface area contributed by atoms with Gasteiger partial charge in [-0.25, -0.2) is 0 Å². The van der Waals surface area contributed by atoms with Crippen LogP contribution in [0.3, 0.4) is 0 Å². The maximum Gasteiger partial charge on any atom is 0.257 e. The Morgan fingerprint density at radius 2 is 2.14 bits per heavy atom. The van der Waals surface area contributed by atoms with Crippen LogP contribution in [0.25, 0.3) is 0 Å². The number of aryl methyl sites for hydroxylation is 1. The third-order valence-electron chi connectivity index (χ3n) is 4.44. The summed E-state index contributed by atoms with van der Waals surface area (Å²) in [5.74, 6) is 0.365. The number of aliphatic hydroxyl groups excluding tert-OH is 2. The van der Waals surface area contributed by atoms with E-state index in [0.717, 1.165) is 24.2 Å². The third-order valence-corrected chi connectivity index (χ3v) is 4.44. The number of amides is 1. The number of nitrogens with zero attached hydrogens (tertiary/aromatic N) is 3. The van der Waals surface area contributed by atoms with Crippen molar-refractivity contribution in [3.63, 3.8) is 0 Å². The molecule has 3 rings (SSSR count). The second-order valence-corrected chi connectivity index (χ2v) is 6.31. The molecular weight excluding hydrogens is 284 g/mol. The van der Waals surface area contributed by atoms with Crippen LogP contribution in [0, 0.1) is 6.92 Å². The molecule has 0 spiro atoms. The Morgan fingerprint density at radius 1 is 1.36 bits per heavy atom. The van der Waals surface area contributed by atoms with E-state index in [1.165, 1.54) is 0 Å². The van der Waals surface area contributed by atoms with Gasteiger partial charge in [0.2, 0.25) is 0 Å². The molecule has 1 aliphatic carbocycles.